The molecule has 0 aliphatic rings. The van der Waals surface area contributed by atoms with E-state index < -0.39 is 40.9 Å². The highest BCUT2D eigenvalue weighted by molar-refractivity contribution is 6.30. The summed E-state index contributed by atoms with van der Waals surface area (Å²) in [6.45, 7) is 0. The van der Waals surface area contributed by atoms with E-state index in [9.17, 15) is 18.0 Å². The minimum Gasteiger partial charge on any atom is -0.481 e. The summed E-state index contributed by atoms with van der Waals surface area (Å²) in [5, 5.41) is 7.93. The molecule has 0 fully saturated rings. The van der Waals surface area contributed by atoms with E-state index in [1.54, 1.807) is 0 Å². The Hall–Kier alpha value is -1.30. The van der Waals surface area contributed by atoms with Gasteiger partial charge >= 0.3 is 5.97 Å². The van der Waals surface area contributed by atoms with Gasteiger partial charge in [-0.3, -0.25) is 9.78 Å². The van der Waals surface area contributed by atoms with Gasteiger partial charge in [-0.1, -0.05) is 11.6 Å². The standard InChI is InChI=1S/C8H5ClF3NO2/c9-4-2-13-7(8(11)12)3(6(4)10)1-5(14)15/h2,8H,1H2,(H,14,15). The van der Waals surface area contributed by atoms with E-state index >= 15 is 0 Å². The maximum atomic E-state index is 13.2. The number of hydrogen-bond donors (Lipinski definition) is 1. The van der Waals surface area contributed by atoms with E-state index in [1.165, 1.54) is 0 Å². The summed E-state index contributed by atoms with van der Waals surface area (Å²) in [4.78, 5) is 13.5. The molecular formula is C8H5ClF3NO2. The molecule has 1 aromatic heterocycles. The third kappa shape index (κ3) is 2.59. The molecule has 7 heteroatoms. The van der Waals surface area contributed by atoms with Crippen molar-refractivity contribution in [2.24, 2.45) is 0 Å². The van der Waals surface area contributed by atoms with Crippen LogP contribution in [0.4, 0.5) is 13.2 Å². The first-order valence-electron chi connectivity index (χ1n) is 3.76. The first kappa shape index (κ1) is 11.8. The summed E-state index contributed by atoms with van der Waals surface area (Å²) in [5.41, 5.74) is -1.57. The highest BCUT2D eigenvalue weighted by atomic mass is 35.5. The van der Waals surface area contributed by atoms with Gasteiger partial charge in [0.05, 0.1) is 11.4 Å². The molecule has 3 nitrogen and oxygen atoms in total. The topological polar surface area (TPSA) is 50.2 Å². The summed E-state index contributed by atoms with van der Waals surface area (Å²) < 4.78 is 37.9. The third-order valence-corrected chi connectivity index (χ3v) is 1.90. The highest BCUT2D eigenvalue weighted by Gasteiger charge is 2.22. The number of aliphatic carboxylic acids is 1. The van der Waals surface area contributed by atoms with Crippen molar-refractivity contribution in [3.8, 4) is 0 Å². The molecule has 1 heterocycles. The molecule has 1 N–H and O–H groups in total. The van der Waals surface area contributed by atoms with Crippen molar-refractivity contribution in [3.05, 3.63) is 28.3 Å². The number of carboxylic acids is 1. The van der Waals surface area contributed by atoms with Crippen LogP contribution in [0.15, 0.2) is 6.20 Å². The van der Waals surface area contributed by atoms with Gasteiger partial charge < -0.3 is 5.11 Å². The third-order valence-electron chi connectivity index (χ3n) is 1.64. The van der Waals surface area contributed by atoms with Crippen LogP contribution >= 0.6 is 11.6 Å². The predicted molar refractivity (Wildman–Crippen MR) is 45.5 cm³/mol. The van der Waals surface area contributed by atoms with Crippen molar-refractivity contribution in [1.29, 1.82) is 0 Å². The van der Waals surface area contributed by atoms with Crippen LogP contribution in [-0.2, 0) is 11.2 Å². The SMILES string of the molecule is O=C(O)Cc1c(C(F)F)ncc(Cl)c1F. The molecule has 0 saturated carbocycles. The van der Waals surface area contributed by atoms with Crippen LogP contribution < -0.4 is 0 Å². The molecular weight excluding hydrogens is 235 g/mol. The van der Waals surface area contributed by atoms with Gasteiger partial charge in [0.2, 0.25) is 0 Å². The molecule has 0 aliphatic carbocycles. The van der Waals surface area contributed by atoms with Gasteiger partial charge in [0.15, 0.2) is 0 Å². The van der Waals surface area contributed by atoms with Gasteiger partial charge in [-0.2, -0.15) is 0 Å². The van der Waals surface area contributed by atoms with E-state index in [0.29, 0.717) is 0 Å². The zero-order chi connectivity index (χ0) is 11.6. The van der Waals surface area contributed by atoms with Crippen LogP contribution in [-0.4, -0.2) is 16.1 Å². The first-order valence-corrected chi connectivity index (χ1v) is 4.14. The number of carboxylic acid groups (broad SMARTS) is 1. The maximum absolute atomic E-state index is 13.2. The van der Waals surface area contributed by atoms with Crippen LogP contribution in [0.5, 0.6) is 0 Å². The van der Waals surface area contributed by atoms with Gasteiger partial charge in [-0.25, -0.2) is 13.2 Å². The van der Waals surface area contributed by atoms with Crippen molar-refractivity contribution in [1.82, 2.24) is 4.98 Å². The minimum absolute atomic E-state index is 0.476. The van der Waals surface area contributed by atoms with Crippen LogP contribution in [0.25, 0.3) is 0 Å². The zero-order valence-electron chi connectivity index (χ0n) is 7.18. The van der Waals surface area contributed by atoms with Gasteiger partial charge in [-0.15, -0.1) is 0 Å². The van der Waals surface area contributed by atoms with Crippen molar-refractivity contribution in [2.45, 2.75) is 12.8 Å². The second kappa shape index (κ2) is 4.48. The maximum Gasteiger partial charge on any atom is 0.308 e. The summed E-state index contributed by atoms with van der Waals surface area (Å²) in [6, 6.07) is 0. The lowest BCUT2D eigenvalue weighted by atomic mass is 10.1. The quantitative estimate of drug-likeness (QED) is 0.881. The average Bonchev–Trinajstić information content (AvgIpc) is 2.12. The Morgan fingerprint density at radius 1 is 1.60 bits per heavy atom. The molecule has 82 valence electrons. The number of hydrogen-bond acceptors (Lipinski definition) is 2. The van der Waals surface area contributed by atoms with E-state index in [-0.39, 0.29) is 0 Å². The Bertz CT molecular complexity index is 398. The van der Waals surface area contributed by atoms with Crippen LogP contribution in [0.2, 0.25) is 5.02 Å². The number of pyridine rings is 1. The van der Waals surface area contributed by atoms with E-state index in [4.69, 9.17) is 16.7 Å². The Morgan fingerprint density at radius 2 is 2.20 bits per heavy atom. The molecule has 0 radical (unpaired) electrons. The molecule has 1 rings (SSSR count). The Kier molecular flexibility index (Phi) is 3.52. The average molecular weight is 240 g/mol. The smallest absolute Gasteiger partial charge is 0.308 e. The number of nitrogens with zero attached hydrogens (tertiary/aromatic N) is 1. The van der Waals surface area contributed by atoms with Gasteiger partial charge in [-0.05, 0) is 0 Å². The fourth-order valence-corrected chi connectivity index (χ4v) is 1.19. The molecule has 0 atom stereocenters. The second-order valence-corrected chi connectivity index (χ2v) is 3.06. The van der Waals surface area contributed by atoms with Gasteiger partial charge in [0.25, 0.3) is 6.43 Å². The Labute approximate surface area is 87.5 Å². The van der Waals surface area contributed by atoms with Crippen LogP contribution in [0.1, 0.15) is 17.7 Å². The summed E-state index contributed by atoms with van der Waals surface area (Å²) in [7, 11) is 0. The Balaban J connectivity index is 3.28. The number of rotatable bonds is 3. The van der Waals surface area contributed by atoms with Crippen molar-refractivity contribution < 1.29 is 23.1 Å². The zero-order valence-corrected chi connectivity index (χ0v) is 7.93. The van der Waals surface area contributed by atoms with Crippen molar-refractivity contribution in [2.75, 3.05) is 0 Å². The van der Waals surface area contributed by atoms with Crippen molar-refractivity contribution >= 4 is 17.6 Å². The summed E-state index contributed by atoms with van der Waals surface area (Å²) in [5.74, 6) is -2.59. The van der Waals surface area contributed by atoms with Crippen LogP contribution in [0.3, 0.4) is 0 Å². The van der Waals surface area contributed by atoms with Crippen molar-refractivity contribution in [3.63, 3.8) is 0 Å². The first-order chi connectivity index (χ1) is 6.93. The lowest BCUT2D eigenvalue weighted by molar-refractivity contribution is -0.136. The molecule has 0 aromatic carbocycles. The summed E-state index contributed by atoms with van der Waals surface area (Å²) in [6.07, 6.45) is -3.19. The molecule has 0 bridgehead atoms. The van der Waals surface area contributed by atoms with E-state index in [0.717, 1.165) is 6.20 Å². The Morgan fingerprint density at radius 3 is 2.67 bits per heavy atom. The molecule has 0 saturated heterocycles. The highest BCUT2D eigenvalue weighted by Crippen LogP contribution is 2.27. The number of aromatic nitrogens is 1. The number of alkyl halides is 2. The molecule has 1 aromatic rings. The lowest BCUT2D eigenvalue weighted by Crippen LogP contribution is -2.09. The van der Waals surface area contributed by atoms with Crippen LogP contribution in [0, 0.1) is 5.82 Å². The fourth-order valence-electron chi connectivity index (χ4n) is 1.02. The summed E-state index contributed by atoms with van der Waals surface area (Å²) >= 11 is 5.30. The number of halogens is 4. The molecule has 0 aliphatic heterocycles. The number of carbonyl (C=O) groups is 1. The molecule has 0 spiro atoms. The van der Waals surface area contributed by atoms with Gasteiger partial charge in [0, 0.05) is 11.8 Å². The molecule has 0 unspecified atom stereocenters. The monoisotopic (exact) mass is 239 g/mol. The second-order valence-electron chi connectivity index (χ2n) is 2.66. The van der Waals surface area contributed by atoms with E-state index in [2.05, 4.69) is 4.98 Å². The fraction of sp³-hybridized carbons (Fsp3) is 0.250. The normalized spacial score (nSPS) is 10.7. The predicted octanol–water partition coefficient (Wildman–Crippen LogP) is 2.44. The lowest BCUT2D eigenvalue weighted by Gasteiger charge is -2.07. The largest absolute Gasteiger partial charge is 0.481 e. The molecule has 15 heavy (non-hydrogen) atoms. The molecule has 0 amide bonds. The van der Waals surface area contributed by atoms with E-state index in [1.807, 2.05) is 0 Å². The minimum atomic E-state index is -3.04. The van der Waals surface area contributed by atoms with Gasteiger partial charge in [0.1, 0.15) is 11.5 Å².